The number of hydrogen-bond acceptors (Lipinski definition) is 6. The monoisotopic (exact) mass is 428 g/mol. The largest absolute Gasteiger partial charge is 0.494 e. The highest BCUT2D eigenvalue weighted by Crippen LogP contribution is 2.53. The van der Waals surface area contributed by atoms with Gasteiger partial charge in [0.1, 0.15) is 5.56 Å². The molecule has 0 bridgehead atoms. The van der Waals surface area contributed by atoms with Gasteiger partial charge in [-0.2, -0.15) is 0 Å². The van der Waals surface area contributed by atoms with Gasteiger partial charge >= 0.3 is 5.97 Å². The number of benzene rings is 1. The number of pyridine rings is 1. The number of fused-ring (bicyclic) bond motifs is 2. The maximum Gasteiger partial charge on any atom is 0.341 e. The summed E-state index contributed by atoms with van der Waals surface area (Å²) in [5.41, 5.74) is 9.35. The molecule has 0 saturated heterocycles. The minimum Gasteiger partial charge on any atom is -0.494 e. The Morgan fingerprint density at radius 2 is 2.07 bits per heavy atom. The number of aromatic nitrogens is 1. The number of thioether (sulfide) groups is 1. The lowest BCUT2D eigenvalue weighted by Gasteiger charge is -2.17. The van der Waals surface area contributed by atoms with Crippen LogP contribution in [0.1, 0.15) is 52.7 Å². The summed E-state index contributed by atoms with van der Waals surface area (Å²) in [6, 6.07) is 4.07. The van der Waals surface area contributed by atoms with Gasteiger partial charge in [-0.05, 0) is 48.4 Å². The first-order valence-corrected chi connectivity index (χ1v) is 11.3. The normalized spacial score (nSPS) is 18.6. The van der Waals surface area contributed by atoms with Crippen molar-refractivity contribution in [2.75, 3.05) is 12.9 Å². The number of methoxy groups -OCH3 is 1. The van der Waals surface area contributed by atoms with Crippen molar-refractivity contribution in [3.05, 3.63) is 45.2 Å². The van der Waals surface area contributed by atoms with E-state index in [4.69, 9.17) is 10.5 Å². The lowest BCUT2D eigenvalue weighted by Crippen LogP contribution is -2.16. The van der Waals surface area contributed by atoms with E-state index in [2.05, 4.69) is 11.1 Å². The number of H-pyrrole nitrogens is 1. The number of nitrogens with two attached hydrogens (primary N) is 1. The molecule has 2 aromatic heterocycles. The summed E-state index contributed by atoms with van der Waals surface area (Å²) < 4.78 is 7.04. The summed E-state index contributed by atoms with van der Waals surface area (Å²) in [5, 5.41) is 9.69. The summed E-state index contributed by atoms with van der Waals surface area (Å²) in [7, 11) is 1.59. The third-order valence-electron chi connectivity index (χ3n) is 5.65. The highest BCUT2D eigenvalue weighted by Gasteiger charge is 2.32. The van der Waals surface area contributed by atoms with E-state index in [1.807, 2.05) is 17.8 Å². The molecular formula is C21H20N2O4S2. The number of carboxylic acids is 1. The molecule has 0 radical (unpaired) electrons. The molecule has 1 fully saturated rings. The molecule has 1 atom stereocenters. The molecule has 29 heavy (non-hydrogen) atoms. The standard InChI is InChI=1S/C21H20N2O4S2/c1-27-19-16(15-7-11-14(22)4-5-28-21(11)29-15)10(9-2-3-9)6-12-17(19)23-8-13(18(12)24)20(25)26/h6-9,14H,2-5,22H2,1H3,(H,23,24)(H,25,26). The zero-order valence-corrected chi connectivity index (χ0v) is 17.4. The smallest absolute Gasteiger partial charge is 0.341 e. The number of aromatic amines is 1. The third-order valence-corrected chi connectivity index (χ3v) is 8.15. The number of carbonyl (C=O) groups is 1. The van der Waals surface area contributed by atoms with Crippen LogP contribution in [0.5, 0.6) is 5.75 Å². The summed E-state index contributed by atoms with van der Waals surface area (Å²) in [4.78, 5) is 28.3. The fourth-order valence-electron chi connectivity index (χ4n) is 4.01. The number of aromatic carboxylic acids is 1. The number of ether oxygens (including phenoxy) is 1. The van der Waals surface area contributed by atoms with Crippen molar-refractivity contribution in [2.24, 2.45) is 5.73 Å². The van der Waals surface area contributed by atoms with Gasteiger partial charge < -0.3 is 20.6 Å². The van der Waals surface area contributed by atoms with E-state index in [1.54, 1.807) is 18.4 Å². The number of rotatable bonds is 4. The maximum absolute atomic E-state index is 12.8. The van der Waals surface area contributed by atoms with Gasteiger partial charge in [-0.15, -0.1) is 23.1 Å². The van der Waals surface area contributed by atoms with Crippen LogP contribution in [0, 0.1) is 0 Å². The molecule has 2 aliphatic rings. The fourth-order valence-corrected chi connectivity index (χ4v) is 6.72. The van der Waals surface area contributed by atoms with E-state index in [9.17, 15) is 14.7 Å². The Morgan fingerprint density at radius 3 is 2.72 bits per heavy atom. The first kappa shape index (κ1) is 18.7. The van der Waals surface area contributed by atoms with Crippen LogP contribution in [0.2, 0.25) is 0 Å². The molecule has 1 unspecified atom stereocenters. The number of thiophene rings is 1. The lowest BCUT2D eigenvalue weighted by atomic mass is 9.96. The zero-order chi connectivity index (χ0) is 20.3. The Kier molecular flexibility index (Phi) is 4.45. The van der Waals surface area contributed by atoms with Crippen molar-refractivity contribution in [1.82, 2.24) is 4.98 Å². The first-order chi connectivity index (χ1) is 14.0. The predicted molar refractivity (Wildman–Crippen MR) is 116 cm³/mol. The highest BCUT2D eigenvalue weighted by atomic mass is 32.2. The first-order valence-electron chi connectivity index (χ1n) is 9.51. The number of nitrogens with one attached hydrogen (secondary N) is 1. The zero-order valence-electron chi connectivity index (χ0n) is 15.8. The van der Waals surface area contributed by atoms with Crippen molar-refractivity contribution in [3.8, 4) is 16.2 Å². The Labute approximate surface area is 175 Å². The molecule has 5 rings (SSSR count). The van der Waals surface area contributed by atoms with Gasteiger partial charge in [0.05, 0.1) is 22.2 Å². The van der Waals surface area contributed by atoms with Crippen LogP contribution in [0.4, 0.5) is 0 Å². The Morgan fingerprint density at radius 1 is 1.28 bits per heavy atom. The molecule has 1 aliphatic heterocycles. The summed E-state index contributed by atoms with van der Waals surface area (Å²) in [6.07, 6.45) is 4.32. The van der Waals surface area contributed by atoms with Crippen molar-refractivity contribution in [1.29, 1.82) is 0 Å². The molecular weight excluding hydrogens is 408 g/mol. The Bertz CT molecular complexity index is 1210. The third kappa shape index (κ3) is 2.97. The molecule has 4 N–H and O–H groups in total. The molecule has 0 amide bonds. The molecule has 1 aromatic carbocycles. The average Bonchev–Trinajstić information content (AvgIpc) is 3.45. The number of carboxylic acid groups (broad SMARTS) is 1. The van der Waals surface area contributed by atoms with Gasteiger partial charge in [0, 0.05) is 28.4 Å². The molecule has 3 heterocycles. The van der Waals surface area contributed by atoms with E-state index < -0.39 is 11.4 Å². The summed E-state index contributed by atoms with van der Waals surface area (Å²) >= 11 is 3.56. The SMILES string of the molecule is COc1c(-c2cc3c(s2)SCCC3N)c(C2CC2)cc2c(=O)c(C(=O)O)c[nH]c12. The molecule has 150 valence electrons. The van der Waals surface area contributed by atoms with Crippen molar-refractivity contribution < 1.29 is 14.6 Å². The second kappa shape index (κ2) is 6.90. The van der Waals surface area contributed by atoms with E-state index in [1.165, 1.54) is 16.0 Å². The van der Waals surface area contributed by atoms with Crippen LogP contribution < -0.4 is 15.9 Å². The molecule has 6 nitrogen and oxygen atoms in total. The van der Waals surface area contributed by atoms with E-state index in [0.717, 1.165) is 41.0 Å². The van der Waals surface area contributed by atoms with Crippen LogP contribution in [0.25, 0.3) is 21.3 Å². The molecule has 1 saturated carbocycles. The maximum atomic E-state index is 12.8. The van der Waals surface area contributed by atoms with Gasteiger partial charge in [0.15, 0.2) is 5.75 Å². The second-order valence-corrected chi connectivity index (χ2v) is 9.92. The van der Waals surface area contributed by atoms with Crippen LogP contribution in [-0.4, -0.2) is 28.9 Å². The predicted octanol–water partition coefficient (Wildman–Crippen LogP) is 4.34. The van der Waals surface area contributed by atoms with Crippen LogP contribution in [0.3, 0.4) is 0 Å². The van der Waals surface area contributed by atoms with Crippen LogP contribution in [0.15, 0.2) is 27.3 Å². The average molecular weight is 429 g/mol. The van der Waals surface area contributed by atoms with Crippen molar-refractivity contribution in [2.45, 2.75) is 35.4 Å². The number of hydrogen-bond donors (Lipinski definition) is 3. The van der Waals surface area contributed by atoms with E-state index >= 15 is 0 Å². The van der Waals surface area contributed by atoms with E-state index in [-0.39, 0.29) is 11.6 Å². The van der Waals surface area contributed by atoms with Gasteiger partial charge in [0.2, 0.25) is 5.43 Å². The molecule has 8 heteroatoms. The second-order valence-electron chi connectivity index (χ2n) is 7.50. The van der Waals surface area contributed by atoms with Crippen LogP contribution >= 0.6 is 23.1 Å². The highest BCUT2D eigenvalue weighted by molar-refractivity contribution is 8.01. The van der Waals surface area contributed by atoms with Gasteiger partial charge in [-0.25, -0.2) is 4.79 Å². The van der Waals surface area contributed by atoms with Crippen LogP contribution in [-0.2, 0) is 0 Å². The fraction of sp³-hybridized carbons (Fsp3) is 0.333. The van der Waals surface area contributed by atoms with Gasteiger partial charge in [-0.1, -0.05) is 0 Å². The van der Waals surface area contributed by atoms with Crippen molar-refractivity contribution in [3.63, 3.8) is 0 Å². The summed E-state index contributed by atoms with van der Waals surface area (Å²) in [5.74, 6) is 0.734. The lowest BCUT2D eigenvalue weighted by molar-refractivity contribution is 0.0695. The molecule has 3 aromatic rings. The topological polar surface area (TPSA) is 105 Å². The van der Waals surface area contributed by atoms with Gasteiger partial charge in [-0.3, -0.25) is 4.79 Å². The van der Waals surface area contributed by atoms with E-state index in [0.29, 0.717) is 22.6 Å². The minimum atomic E-state index is -1.24. The van der Waals surface area contributed by atoms with Crippen molar-refractivity contribution >= 4 is 40.0 Å². The minimum absolute atomic E-state index is 0.0463. The van der Waals surface area contributed by atoms with Gasteiger partial charge in [0.25, 0.3) is 0 Å². The molecule has 1 aliphatic carbocycles. The summed E-state index contributed by atoms with van der Waals surface area (Å²) in [6.45, 7) is 0. The Balaban J connectivity index is 1.81. The molecule has 0 spiro atoms. The Hall–Kier alpha value is -2.29. The quantitative estimate of drug-likeness (QED) is 0.571.